The van der Waals surface area contributed by atoms with Crippen LogP contribution < -0.4 is 30.9 Å². The average Bonchev–Trinajstić information content (AvgIpc) is 3.93. The lowest BCUT2D eigenvalue weighted by atomic mass is 9.78. The minimum Gasteiger partial charge on any atom is -0.496 e. The normalized spacial score (nSPS) is 17.9. The Morgan fingerprint density at radius 1 is 0.600 bits per heavy atom. The van der Waals surface area contributed by atoms with Crippen molar-refractivity contribution in [3.05, 3.63) is 85.3 Å². The number of amides is 3. The minimum atomic E-state index is -0.847. The van der Waals surface area contributed by atoms with E-state index in [-0.39, 0.29) is 45.2 Å². The van der Waals surface area contributed by atoms with Gasteiger partial charge in [0.15, 0.2) is 0 Å². The average molecular weight is 899 g/mol. The number of carbonyl (C=O) groups is 3. The van der Waals surface area contributed by atoms with Crippen LogP contribution in [0.3, 0.4) is 0 Å². The maximum atomic E-state index is 14.6. The molecular weight excluding hydrogens is 857 g/mol. The van der Waals surface area contributed by atoms with Gasteiger partial charge in [0.25, 0.3) is 17.7 Å². The van der Waals surface area contributed by atoms with Crippen LogP contribution in [0.25, 0.3) is 0 Å². The van der Waals surface area contributed by atoms with E-state index in [9.17, 15) is 31.9 Å². The standard InChI is InChI=1S/C17H23BFNO4.C11H11BrFNO2.C10H8BrF2NO/c1-16(2)17(3,4)24-18(23-16)10-8-12(19)14(13(9-10)22-5)15(21)20-11-6-7-11;1-16-9-5-6(12)4-8(13)10(9)11(15)14-7-2-3-7;11-5-3-7(12)9(8(13)4-5)10(15)14-6-1-2-6/h8-9,11H,6-7H2,1-5H3,(H,20,21);4-5,7H,2-3H2,1H3,(H,14,15);3-4,6H,1-2H2,(H,14,15). The lowest BCUT2D eigenvalue weighted by Gasteiger charge is -2.32. The summed E-state index contributed by atoms with van der Waals surface area (Å²) >= 11 is 6.10. The zero-order chi connectivity index (χ0) is 40.4. The first-order valence-electron chi connectivity index (χ1n) is 17.7. The Balaban J connectivity index is 0.000000165. The quantitative estimate of drug-likeness (QED) is 0.154. The molecule has 3 saturated carbocycles. The first-order chi connectivity index (χ1) is 25.8. The van der Waals surface area contributed by atoms with Crippen LogP contribution in [0.2, 0.25) is 0 Å². The Morgan fingerprint density at radius 2 is 0.927 bits per heavy atom. The summed E-state index contributed by atoms with van der Waals surface area (Å²) in [6.07, 6.45) is 5.55. The molecule has 3 N–H and O–H groups in total. The van der Waals surface area contributed by atoms with Crippen molar-refractivity contribution in [2.75, 3.05) is 14.2 Å². The first-order valence-corrected chi connectivity index (χ1v) is 19.3. The van der Waals surface area contributed by atoms with Crippen molar-refractivity contribution >= 4 is 62.2 Å². The van der Waals surface area contributed by atoms with Crippen molar-refractivity contribution in [1.82, 2.24) is 16.0 Å². The number of rotatable bonds is 9. The highest BCUT2D eigenvalue weighted by molar-refractivity contribution is 9.10. The Kier molecular flexibility index (Phi) is 13.3. The molecule has 0 unspecified atom stereocenters. The highest BCUT2D eigenvalue weighted by Crippen LogP contribution is 2.37. The predicted octanol–water partition coefficient (Wildman–Crippen LogP) is 7.13. The molecule has 10 nitrogen and oxygen atoms in total. The Morgan fingerprint density at radius 3 is 1.31 bits per heavy atom. The van der Waals surface area contributed by atoms with Gasteiger partial charge in [-0.3, -0.25) is 14.4 Å². The van der Waals surface area contributed by atoms with Gasteiger partial charge in [-0.2, -0.15) is 0 Å². The predicted molar refractivity (Wildman–Crippen MR) is 205 cm³/mol. The molecule has 0 spiro atoms. The van der Waals surface area contributed by atoms with Crippen molar-refractivity contribution in [1.29, 1.82) is 0 Å². The van der Waals surface area contributed by atoms with Gasteiger partial charge >= 0.3 is 7.12 Å². The third-order valence-electron chi connectivity index (χ3n) is 9.49. The molecule has 1 saturated heterocycles. The molecule has 4 fully saturated rings. The number of benzene rings is 3. The SMILES string of the molecule is COc1cc(B2OC(C)(C)C(C)(C)O2)cc(F)c1C(=O)NC1CC1.COc1cc(Br)cc(F)c1C(=O)NC1CC1.O=C(NC1CC1)c1c(F)cc(Br)cc1F. The third-order valence-corrected chi connectivity index (χ3v) is 10.4. The number of methoxy groups -OCH3 is 2. The minimum absolute atomic E-state index is 0.0300. The van der Waals surface area contributed by atoms with Crippen molar-refractivity contribution in [3.8, 4) is 11.5 Å². The molecule has 0 aromatic heterocycles. The van der Waals surface area contributed by atoms with Crippen LogP contribution in [0.15, 0.2) is 45.3 Å². The lowest BCUT2D eigenvalue weighted by Crippen LogP contribution is -2.41. The van der Waals surface area contributed by atoms with Gasteiger partial charge in [-0.05, 0) is 108 Å². The van der Waals surface area contributed by atoms with Crippen molar-refractivity contribution < 1.29 is 50.7 Å². The molecule has 3 aromatic carbocycles. The summed E-state index contributed by atoms with van der Waals surface area (Å²) in [5, 5.41) is 8.05. The topological polar surface area (TPSA) is 124 Å². The van der Waals surface area contributed by atoms with E-state index in [4.69, 9.17) is 18.8 Å². The Bertz CT molecular complexity index is 1920. The van der Waals surface area contributed by atoms with Gasteiger partial charge < -0.3 is 34.7 Å². The summed E-state index contributed by atoms with van der Waals surface area (Å²) in [5.41, 5.74) is -1.18. The number of hydrogen-bond donors (Lipinski definition) is 3. The number of nitrogens with one attached hydrogen (secondary N) is 3. The molecule has 55 heavy (non-hydrogen) atoms. The summed E-state index contributed by atoms with van der Waals surface area (Å²) in [6, 6.07) is 8.29. The van der Waals surface area contributed by atoms with Crippen molar-refractivity contribution in [2.45, 2.75) is 95.5 Å². The molecule has 1 aliphatic heterocycles. The van der Waals surface area contributed by atoms with Gasteiger partial charge in [-0.15, -0.1) is 0 Å². The number of ether oxygens (including phenoxy) is 2. The lowest BCUT2D eigenvalue weighted by molar-refractivity contribution is 0.00578. The molecule has 4 aliphatic rings. The third kappa shape index (κ3) is 10.8. The fourth-order valence-corrected chi connectivity index (χ4v) is 6.05. The van der Waals surface area contributed by atoms with Gasteiger partial charge in [-0.25, -0.2) is 17.6 Å². The molecule has 3 aromatic rings. The van der Waals surface area contributed by atoms with Crippen molar-refractivity contribution in [2.24, 2.45) is 0 Å². The monoisotopic (exact) mass is 897 g/mol. The summed E-state index contributed by atoms with van der Waals surface area (Å²) in [6.45, 7) is 7.71. The largest absolute Gasteiger partial charge is 0.496 e. The first kappa shape index (κ1) is 42.5. The second kappa shape index (κ2) is 17.2. The van der Waals surface area contributed by atoms with Gasteiger partial charge in [0.1, 0.15) is 51.5 Å². The van der Waals surface area contributed by atoms with Crippen LogP contribution in [-0.2, 0) is 9.31 Å². The zero-order valence-corrected chi connectivity index (χ0v) is 34.3. The van der Waals surface area contributed by atoms with E-state index >= 15 is 0 Å². The molecule has 7 rings (SSSR count). The Hall–Kier alpha value is -3.67. The van der Waals surface area contributed by atoms with E-state index in [1.54, 1.807) is 12.1 Å². The molecule has 1 heterocycles. The number of halogens is 6. The summed E-state index contributed by atoms with van der Waals surface area (Å²) < 4.78 is 77.8. The second-order valence-electron chi connectivity index (χ2n) is 14.6. The highest BCUT2D eigenvalue weighted by Gasteiger charge is 2.52. The number of hydrogen-bond acceptors (Lipinski definition) is 7. The van der Waals surface area contributed by atoms with E-state index in [1.165, 1.54) is 26.4 Å². The van der Waals surface area contributed by atoms with Crippen LogP contribution in [0.4, 0.5) is 17.6 Å². The molecule has 3 aliphatic carbocycles. The summed E-state index contributed by atoms with van der Waals surface area (Å²) in [7, 11) is 2.12. The van der Waals surface area contributed by atoms with Crippen LogP contribution in [0, 0.1) is 23.3 Å². The van der Waals surface area contributed by atoms with E-state index in [0.717, 1.165) is 50.7 Å². The molecule has 0 bridgehead atoms. The maximum Gasteiger partial charge on any atom is 0.495 e. The molecule has 3 amide bonds. The highest BCUT2D eigenvalue weighted by atomic mass is 79.9. The summed E-state index contributed by atoms with van der Waals surface area (Å²) in [4.78, 5) is 35.4. The fourth-order valence-electron chi connectivity index (χ4n) is 5.24. The van der Waals surface area contributed by atoms with Gasteiger partial charge in [0, 0.05) is 27.1 Å². The van der Waals surface area contributed by atoms with Crippen LogP contribution in [0.1, 0.15) is 97.3 Å². The molecule has 0 radical (unpaired) electrons. The molecular formula is C38H42BBr2F4N3O7. The van der Waals surface area contributed by atoms with Crippen molar-refractivity contribution in [3.63, 3.8) is 0 Å². The zero-order valence-electron chi connectivity index (χ0n) is 31.1. The van der Waals surface area contributed by atoms with Crippen LogP contribution >= 0.6 is 31.9 Å². The molecule has 0 atom stereocenters. The fraction of sp³-hybridized carbons (Fsp3) is 0.447. The summed E-state index contributed by atoms with van der Waals surface area (Å²) in [5.74, 6) is -4.04. The smallest absolute Gasteiger partial charge is 0.495 e. The molecule has 17 heteroatoms. The van der Waals surface area contributed by atoms with E-state index in [0.29, 0.717) is 9.94 Å². The van der Waals surface area contributed by atoms with E-state index in [2.05, 4.69) is 47.8 Å². The number of carbonyl (C=O) groups excluding carboxylic acids is 3. The Labute approximate surface area is 334 Å². The van der Waals surface area contributed by atoms with Crippen LogP contribution in [-0.4, -0.2) is 68.4 Å². The molecule has 296 valence electrons. The van der Waals surface area contributed by atoms with Gasteiger partial charge in [0.05, 0.1) is 25.4 Å². The van der Waals surface area contributed by atoms with E-state index < -0.39 is 64.9 Å². The maximum absolute atomic E-state index is 14.6. The van der Waals surface area contributed by atoms with Gasteiger partial charge in [0.2, 0.25) is 0 Å². The van der Waals surface area contributed by atoms with Crippen LogP contribution in [0.5, 0.6) is 11.5 Å². The second-order valence-corrected chi connectivity index (χ2v) is 16.5. The van der Waals surface area contributed by atoms with Gasteiger partial charge in [-0.1, -0.05) is 31.9 Å². The van der Waals surface area contributed by atoms with E-state index in [1.807, 2.05) is 27.7 Å².